The average molecular weight is 378 g/mol. The van der Waals surface area contributed by atoms with Gasteiger partial charge in [-0.2, -0.15) is 5.26 Å². The number of nitriles is 1. The third-order valence-corrected chi connectivity index (χ3v) is 5.07. The van der Waals surface area contributed by atoms with Crippen molar-refractivity contribution in [1.29, 1.82) is 5.26 Å². The van der Waals surface area contributed by atoms with Crippen LogP contribution in [-0.2, 0) is 16.0 Å². The lowest BCUT2D eigenvalue weighted by Crippen LogP contribution is -2.39. The molecule has 1 saturated heterocycles. The van der Waals surface area contributed by atoms with E-state index in [-0.39, 0.29) is 11.7 Å². The number of carbonyl (C=O) groups is 1. The molecule has 1 aliphatic rings. The van der Waals surface area contributed by atoms with Crippen molar-refractivity contribution in [2.24, 2.45) is 5.41 Å². The molecule has 0 aliphatic carbocycles. The van der Waals surface area contributed by atoms with Crippen molar-refractivity contribution in [2.75, 3.05) is 18.5 Å². The maximum Gasteiger partial charge on any atom is 0.245 e. The normalized spacial score (nSPS) is 15.9. The van der Waals surface area contributed by atoms with Gasteiger partial charge in [-0.3, -0.25) is 4.79 Å². The van der Waals surface area contributed by atoms with Crippen LogP contribution in [0.1, 0.15) is 24.2 Å². The number of ether oxygens (including phenoxy) is 1. The molecular weight excluding hydrogens is 359 g/mol. The summed E-state index contributed by atoms with van der Waals surface area (Å²) in [5.74, 6) is 0.181. The molecule has 1 aromatic heterocycles. The molecule has 2 aromatic carbocycles. The van der Waals surface area contributed by atoms with Crippen molar-refractivity contribution in [3.8, 4) is 6.07 Å². The SMILES string of the molecule is N#CC1(C(=O)Nc2ccc3nc(Cc4ccc(F)cc4)[nH]c3c2)CCOCC1. The number of nitrogens with one attached hydrogen (secondary N) is 2. The Morgan fingerprint density at radius 3 is 2.71 bits per heavy atom. The number of aromatic nitrogens is 2. The monoisotopic (exact) mass is 378 g/mol. The van der Waals surface area contributed by atoms with Gasteiger partial charge in [-0.25, -0.2) is 9.37 Å². The summed E-state index contributed by atoms with van der Waals surface area (Å²) < 4.78 is 18.3. The lowest BCUT2D eigenvalue weighted by molar-refractivity contribution is -0.126. The van der Waals surface area contributed by atoms with Gasteiger partial charge in [0.1, 0.15) is 17.1 Å². The Balaban J connectivity index is 1.52. The van der Waals surface area contributed by atoms with E-state index in [0.29, 0.717) is 38.2 Å². The highest BCUT2D eigenvalue weighted by atomic mass is 19.1. The number of anilines is 1. The van der Waals surface area contributed by atoms with Gasteiger partial charge < -0.3 is 15.0 Å². The van der Waals surface area contributed by atoms with Gasteiger partial charge in [0.2, 0.25) is 5.91 Å². The van der Waals surface area contributed by atoms with Crippen molar-refractivity contribution >= 4 is 22.6 Å². The molecule has 3 aromatic rings. The van der Waals surface area contributed by atoms with Crippen molar-refractivity contribution < 1.29 is 13.9 Å². The first-order chi connectivity index (χ1) is 13.6. The van der Waals surface area contributed by atoms with Crippen LogP contribution in [0, 0.1) is 22.6 Å². The zero-order valence-electron chi connectivity index (χ0n) is 15.2. The van der Waals surface area contributed by atoms with Crippen LogP contribution in [0.5, 0.6) is 0 Å². The van der Waals surface area contributed by atoms with Gasteiger partial charge >= 0.3 is 0 Å². The average Bonchev–Trinajstić information content (AvgIpc) is 3.11. The lowest BCUT2D eigenvalue weighted by atomic mass is 9.81. The van der Waals surface area contributed by atoms with Gasteiger partial charge in [-0.15, -0.1) is 0 Å². The molecule has 2 heterocycles. The predicted octanol–water partition coefficient (Wildman–Crippen LogP) is 3.55. The van der Waals surface area contributed by atoms with Crippen LogP contribution < -0.4 is 5.32 Å². The number of hydrogen-bond acceptors (Lipinski definition) is 4. The van der Waals surface area contributed by atoms with Gasteiger partial charge in [0.25, 0.3) is 0 Å². The summed E-state index contributed by atoms with van der Waals surface area (Å²) in [5, 5.41) is 12.4. The Morgan fingerprint density at radius 1 is 1.25 bits per heavy atom. The third-order valence-electron chi connectivity index (χ3n) is 5.07. The van der Waals surface area contributed by atoms with Gasteiger partial charge in [0, 0.05) is 25.3 Å². The molecule has 7 heteroatoms. The lowest BCUT2D eigenvalue weighted by Gasteiger charge is -2.29. The minimum atomic E-state index is -1.05. The number of H-pyrrole nitrogens is 1. The highest BCUT2D eigenvalue weighted by Crippen LogP contribution is 2.31. The number of rotatable bonds is 4. The summed E-state index contributed by atoms with van der Waals surface area (Å²) in [5.41, 5.74) is 2.07. The van der Waals surface area contributed by atoms with E-state index >= 15 is 0 Å². The number of carbonyl (C=O) groups excluding carboxylic acids is 1. The number of aromatic amines is 1. The Kier molecular flexibility index (Phi) is 4.80. The van der Waals surface area contributed by atoms with Crippen LogP contribution in [0.4, 0.5) is 10.1 Å². The Hall–Kier alpha value is -3.24. The van der Waals surface area contributed by atoms with Crippen molar-refractivity contribution in [3.63, 3.8) is 0 Å². The van der Waals surface area contributed by atoms with E-state index in [1.54, 1.807) is 24.3 Å². The minimum Gasteiger partial charge on any atom is -0.381 e. The minimum absolute atomic E-state index is 0.270. The third kappa shape index (κ3) is 3.59. The molecule has 6 nitrogen and oxygen atoms in total. The zero-order chi connectivity index (χ0) is 19.6. The van der Waals surface area contributed by atoms with Gasteiger partial charge in [0.05, 0.1) is 17.1 Å². The van der Waals surface area contributed by atoms with Crippen LogP contribution in [0.25, 0.3) is 11.0 Å². The zero-order valence-corrected chi connectivity index (χ0v) is 15.2. The van der Waals surface area contributed by atoms with Crippen molar-refractivity contribution in [1.82, 2.24) is 9.97 Å². The molecule has 0 spiro atoms. The van der Waals surface area contributed by atoms with E-state index in [9.17, 15) is 14.4 Å². The largest absolute Gasteiger partial charge is 0.381 e. The van der Waals surface area contributed by atoms with E-state index in [0.717, 1.165) is 22.4 Å². The summed E-state index contributed by atoms with van der Waals surface area (Å²) in [4.78, 5) is 20.5. The molecule has 1 aliphatic heterocycles. The van der Waals surface area contributed by atoms with E-state index in [1.165, 1.54) is 12.1 Å². The number of imidazole rings is 1. The van der Waals surface area contributed by atoms with E-state index < -0.39 is 5.41 Å². The number of benzene rings is 2. The smallest absolute Gasteiger partial charge is 0.245 e. The second-order valence-electron chi connectivity index (χ2n) is 6.98. The van der Waals surface area contributed by atoms with E-state index in [1.807, 2.05) is 6.07 Å². The second kappa shape index (κ2) is 7.41. The second-order valence-corrected chi connectivity index (χ2v) is 6.98. The van der Waals surface area contributed by atoms with Gasteiger partial charge in [-0.1, -0.05) is 12.1 Å². The van der Waals surface area contributed by atoms with Gasteiger partial charge in [0.15, 0.2) is 0 Å². The molecule has 0 atom stereocenters. The fourth-order valence-corrected chi connectivity index (χ4v) is 3.38. The first kappa shape index (κ1) is 18.1. The predicted molar refractivity (Wildman–Crippen MR) is 102 cm³/mol. The van der Waals surface area contributed by atoms with Crippen LogP contribution in [0.2, 0.25) is 0 Å². The summed E-state index contributed by atoms with van der Waals surface area (Å²) >= 11 is 0. The molecule has 1 amide bonds. The first-order valence-electron chi connectivity index (χ1n) is 9.11. The highest BCUT2D eigenvalue weighted by molar-refractivity contribution is 5.98. The molecule has 28 heavy (non-hydrogen) atoms. The van der Waals surface area contributed by atoms with E-state index in [2.05, 4.69) is 21.4 Å². The summed E-state index contributed by atoms with van der Waals surface area (Å²) in [7, 11) is 0. The molecule has 142 valence electrons. The summed E-state index contributed by atoms with van der Waals surface area (Å²) in [6.45, 7) is 0.820. The number of halogens is 1. The number of nitrogens with zero attached hydrogens (tertiary/aromatic N) is 2. The molecule has 4 rings (SSSR count). The topological polar surface area (TPSA) is 90.8 Å². The maximum absolute atomic E-state index is 13.0. The molecule has 1 fully saturated rings. The molecule has 0 bridgehead atoms. The van der Waals surface area contributed by atoms with Crippen LogP contribution >= 0.6 is 0 Å². The summed E-state index contributed by atoms with van der Waals surface area (Å²) in [6, 6.07) is 13.9. The summed E-state index contributed by atoms with van der Waals surface area (Å²) in [6.07, 6.45) is 1.33. The molecular formula is C21H19FN4O2. The van der Waals surface area contributed by atoms with Crippen molar-refractivity contribution in [3.05, 3.63) is 59.7 Å². The fourth-order valence-electron chi connectivity index (χ4n) is 3.38. The first-order valence-corrected chi connectivity index (χ1v) is 9.11. The highest BCUT2D eigenvalue weighted by Gasteiger charge is 2.40. The number of fused-ring (bicyclic) bond motifs is 1. The number of hydrogen-bond donors (Lipinski definition) is 2. The molecule has 0 saturated carbocycles. The van der Waals surface area contributed by atoms with E-state index in [4.69, 9.17) is 4.74 Å². The number of amides is 1. The quantitative estimate of drug-likeness (QED) is 0.726. The molecule has 0 radical (unpaired) electrons. The van der Waals surface area contributed by atoms with Crippen LogP contribution in [-0.4, -0.2) is 29.1 Å². The van der Waals surface area contributed by atoms with Gasteiger partial charge in [-0.05, 0) is 48.7 Å². The Morgan fingerprint density at radius 2 is 2.00 bits per heavy atom. The van der Waals surface area contributed by atoms with Crippen LogP contribution in [0.3, 0.4) is 0 Å². The Labute approximate surface area is 161 Å². The standard InChI is InChI=1S/C21H19FN4O2/c22-15-3-1-14(2-4-15)11-19-25-17-6-5-16(12-18(17)26-19)24-20(27)21(13-23)7-9-28-10-8-21/h1-6,12H,7-11H2,(H,24,27)(H,25,26). The Bertz CT molecular complexity index is 1050. The molecule has 0 unspecified atom stereocenters. The fraction of sp³-hybridized carbons (Fsp3) is 0.286. The van der Waals surface area contributed by atoms with Crippen LogP contribution in [0.15, 0.2) is 42.5 Å². The molecule has 2 N–H and O–H groups in total. The van der Waals surface area contributed by atoms with Crippen molar-refractivity contribution in [2.45, 2.75) is 19.3 Å². The maximum atomic E-state index is 13.0.